The van der Waals surface area contributed by atoms with Crippen LogP contribution in [0.15, 0.2) is 0 Å². The maximum Gasteiger partial charge on any atom is 0.238 e. The second kappa shape index (κ2) is 2.66. The van der Waals surface area contributed by atoms with Crippen LogP contribution in [0.1, 0.15) is 19.3 Å². The topological polar surface area (TPSA) is 34.1 Å². The molecule has 0 N–H and O–H groups in total. The molecule has 0 radical (unpaired) electrons. The molecule has 5 heteroatoms. The van der Waals surface area contributed by atoms with Gasteiger partial charge in [0.05, 0.1) is 0 Å². The van der Waals surface area contributed by atoms with Crippen molar-refractivity contribution < 1.29 is 12.8 Å². The highest BCUT2D eigenvalue weighted by Crippen LogP contribution is 2.29. The maximum absolute atomic E-state index is 12.6. The molecule has 0 aromatic rings. The number of hydrogen-bond donors (Lipinski definition) is 0. The lowest BCUT2D eigenvalue weighted by atomic mass is 10.3. The zero-order valence-corrected chi connectivity index (χ0v) is 6.83. The van der Waals surface area contributed by atoms with E-state index in [1.54, 1.807) is 0 Å². The Balaban J connectivity index is 2.74. The van der Waals surface area contributed by atoms with E-state index in [1.807, 2.05) is 0 Å². The molecular formula is C5H8ClFO2S. The van der Waals surface area contributed by atoms with Gasteiger partial charge >= 0.3 is 0 Å². The van der Waals surface area contributed by atoms with Crippen LogP contribution in [0.5, 0.6) is 0 Å². The quantitative estimate of drug-likeness (QED) is 0.581. The van der Waals surface area contributed by atoms with Crippen LogP contribution >= 0.6 is 10.7 Å². The van der Waals surface area contributed by atoms with E-state index >= 15 is 0 Å². The van der Waals surface area contributed by atoms with Gasteiger partial charge in [0, 0.05) is 10.7 Å². The first-order valence-corrected chi connectivity index (χ1v) is 5.46. The van der Waals surface area contributed by atoms with Gasteiger partial charge < -0.3 is 0 Å². The van der Waals surface area contributed by atoms with Gasteiger partial charge in [-0.3, -0.25) is 0 Å². The summed E-state index contributed by atoms with van der Waals surface area (Å²) in [6.45, 7) is 0. The van der Waals surface area contributed by atoms with Crippen molar-refractivity contribution in [3.05, 3.63) is 0 Å². The van der Waals surface area contributed by atoms with Crippen LogP contribution in [0.3, 0.4) is 0 Å². The lowest BCUT2D eigenvalue weighted by molar-refractivity contribution is 0.344. The van der Waals surface area contributed by atoms with E-state index in [4.69, 9.17) is 10.7 Å². The van der Waals surface area contributed by atoms with E-state index < -0.39 is 20.5 Å². The first kappa shape index (κ1) is 8.27. The highest BCUT2D eigenvalue weighted by Gasteiger charge is 2.36. The minimum atomic E-state index is -3.65. The Hall–Kier alpha value is 0.170. The van der Waals surface area contributed by atoms with E-state index in [9.17, 15) is 12.8 Å². The third-order valence-corrected chi connectivity index (χ3v) is 3.67. The van der Waals surface area contributed by atoms with Gasteiger partial charge in [-0.1, -0.05) is 0 Å². The van der Waals surface area contributed by atoms with Gasteiger partial charge in [-0.15, -0.1) is 0 Å². The molecule has 0 aromatic heterocycles. The Morgan fingerprint density at radius 2 is 2.00 bits per heavy atom. The molecule has 0 unspecified atom stereocenters. The van der Waals surface area contributed by atoms with Crippen LogP contribution in [0, 0.1) is 0 Å². The van der Waals surface area contributed by atoms with E-state index in [0.717, 1.165) is 0 Å². The van der Waals surface area contributed by atoms with E-state index in [2.05, 4.69) is 0 Å². The Kier molecular flexibility index (Phi) is 2.20. The molecule has 1 aliphatic rings. The molecule has 10 heavy (non-hydrogen) atoms. The average Bonchev–Trinajstić information content (AvgIpc) is 2.11. The molecule has 0 saturated heterocycles. The van der Waals surface area contributed by atoms with Gasteiger partial charge in [0.15, 0.2) is 0 Å². The molecule has 0 amide bonds. The third kappa shape index (κ3) is 1.61. The Morgan fingerprint density at radius 1 is 1.40 bits per heavy atom. The molecule has 2 atom stereocenters. The Labute approximate surface area is 63.8 Å². The minimum absolute atomic E-state index is 0.330. The predicted molar refractivity (Wildman–Crippen MR) is 37.3 cm³/mol. The van der Waals surface area contributed by atoms with Crippen LogP contribution in [0.25, 0.3) is 0 Å². The van der Waals surface area contributed by atoms with Crippen molar-refractivity contribution in [1.82, 2.24) is 0 Å². The van der Waals surface area contributed by atoms with Gasteiger partial charge in [0.25, 0.3) is 0 Å². The fourth-order valence-corrected chi connectivity index (χ4v) is 2.74. The summed E-state index contributed by atoms with van der Waals surface area (Å²) < 4.78 is 33.8. The van der Waals surface area contributed by atoms with Gasteiger partial charge in [0.1, 0.15) is 11.4 Å². The summed E-state index contributed by atoms with van der Waals surface area (Å²) in [5, 5.41) is -0.950. The van der Waals surface area contributed by atoms with E-state index in [-0.39, 0.29) is 0 Å². The predicted octanol–water partition coefficient (Wildman–Crippen LogP) is 1.45. The van der Waals surface area contributed by atoms with Crippen LogP contribution in [-0.2, 0) is 9.05 Å². The van der Waals surface area contributed by atoms with E-state index in [0.29, 0.717) is 19.3 Å². The summed E-state index contributed by atoms with van der Waals surface area (Å²) in [7, 11) is 1.31. The first-order valence-electron chi connectivity index (χ1n) is 3.09. The van der Waals surface area contributed by atoms with Gasteiger partial charge in [-0.2, -0.15) is 0 Å². The molecule has 0 bridgehead atoms. The smallest absolute Gasteiger partial charge is 0.238 e. The molecule has 0 heterocycles. The van der Waals surface area contributed by atoms with Crippen LogP contribution in [0.2, 0.25) is 0 Å². The second-order valence-electron chi connectivity index (χ2n) is 2.46. The average molecular weight is 187 g/mol. The van der Waals surface area contributed by atoms with Crippen molar-refractivity contribution in [3.8, 4) is 0 Å². The number of hydrogen-bond acceptors (Lipinski definition) is 2. The largest absolute Gasteiger partial charge is 0.246 e. The first-order chi connectivity index (χ1) is 4.52. The molecule has 2 nitrogen and oxygen atoms in total. The minimum Gasteiger partial charge on any atom is -0.246 e. The lowest BCUT2D eigenvalue weighted by Gasteiger charge is -2.06. The van der Waals surface area contributed by atoms with Gasteiger partial charge in [0.2, 0.25) is 9.05 Å². The monoisotopic (exact) mass is 186 g/mol. The zero-order chi connectivity index (χ0) is 7.78. The molecule has 1 rings (SSSR count). The summed E-state index contributed by atoms with van der Waals surface area (Å²) in [5.74, 6) is 0. The second-order valence-corrected chi connectivity index (χ2v) is 5.31. The fraction of sp³-hybridized carbons (Fsp3) is 1.00. The molecule has 60 valence electrons. The Bertz CT molecular complexity index is 214. The lowest BCUT2D eigenvalue weighted by Crippen LogP contribution is -2.21. The summed E-state index contributed by atoms with van der Waals surface area (Å²) in [5.41, 5.74) is 0. The van der Waals surface area contributed by atoms with Crippen molar-refractivity contribution in [2.75, 3.05) is 0 Å². The molecule has 1 fully saturated rings. The maximum atomic E-state index is 12.6. The molecule has 0 spiro atoms. The van der Waals surface area contributed by atoms with Gasteiger partial charge in [-0.05, 0) is 19.3 Å². The van der Waals surface area contributed by atoms with Crippen LogP contribution in [0.4, 0.5) is 4.39 Å². The number of halogens is 2. The normalized spacial score (nSPS) is 34.6. The SMILES string of the molecule is O=S(=O)(Cl)[C@H]1CCC[C@H]1F. The Morgan fingerprint density at radius 3 is 2.20 bits per heavy atom. The molecule has 1 aliphatic carbocycles. The van der Waals surface area contributed by atoms with Crippen molar-refractivity contribution in [1.29, 1.82) is 0 Å². The van der Waals surface area contributed by atoms with Gasteiger partial charge in [-0.25, -0.2) is 12.8 Å². The molecular weight excluding hydrogens is 179 g/mol. The zero-order valence-electron chi connectivity index (χ0n) is 5.26. The van der Waals surface area contributed by atoms with Crippen molar-refractivity contribution >= 4 is 19.7 Å². The highest BCUT2D eigenvalue weighted by molar-refractivity contribution is 8.14. The number of rotatable bonds is 1. The molecule has 1 saturated carbocycles. The van der Waals surface area contributed by atoms with Crippen LogP contribution in [-0.4, -0.2) is 19.8 Å². The van der Waals surface area contributed by atoms with Crippen LogP contribution < -0.4 is 0 Å². The summed E-state index contributed by atoms with van der Waals surface area (Å²) in [4.78, 5) is 0. The standard InChI is InChI=1S/C5H8ClFO2S/c6-10(8,9)5-3-1-2-4(5)7/h4-5H,1-3H2/t4-,5+/m1/s1. The highest BCUT2D eigenvalue weighted by atomic mass is 35.7. The summed E-state index contributed by atoms with van der Waals surface area (Å²) in [6, 6.07) is 0. The van der Waals surface area contributed by atoms with Crippen molar-refractivity contribution in [2.45, 2.75) is 30.7 Å². The molecule has 0 aliphatic heterocycles. The molecule has 0 aromatic carbocycles. The van der Waals surface area contributed by atoms with E-state index in [1.165, 1.54) is 0 Å². The van der Waals surface area contributed by atoms with Crippen molar-refractivity contribution in [3.63, 3.8) is 0 Å². The fourth-order valence-electron chi connectivity index (χ4n) is 1.20. The number of alkyl halides is 1. The summed E-state index contributed by atoms with van der Waals surface area (Å²) >= 11 is 0. The summed E-state index contributed by atoms with van der Waals surface area (Å²) in [6.07, 6.45) is 0.0731. The third-order valence-electron chi connectivity index (χ3n) is 1.73. The van der Waals surface area contributed by atoms with Crippen molar-refractivity contribution in [2.24, 2.45) is 0 Å².